The highest BCUT2D eigenvalue weighted by Gasteiger charge is 2.24. The van der Waals surface area contributed by atoms with Crippen LogP contribution in [0, 0.1) is 13.8 Å². The van der Waals surface area contributed by atoms with Gasteiger partial charge in [-0.25, -0.2) is 4.79 Å². The third-order valence-corrected chi connectivity index (χ3v) is 3.96. The van der Waals surface area contributed by atoms with E-state index < -0.39 is 5.97 Å². The molecule has 0 radical (unpaired) electrons. The van der Waals surface area contributed by atoms with Crippen LogP contribution in [0.2, 0.25) is 0 Å². The fourth-order valence-electron chi connectivity index (χ4n) is 2.43. The number of ketones is 1. The standard InChI is InChI=1S/C17H19BrN2O3/c1-4-23-17(22)16-11(3)20-10(2)15(16)14(21)9-19-13-7-5-12(18)6-8-13/h5-8,19-20H,4,9H2,1-3H3. The molecule has 0 amide bonds. The average Bonchev–Trinajstić information content (AvgIpc) is 2.81. The van der Waals surface area contributed by atoms with Crippen LogP contribution in [-0.4, -0.2) is 29.9 Å². The van der Waals surface area contributed by atoms with Crippen molar-refractivity contribution in [1.29, 1.82) is 0 Å². The number of hydrogen-bond donors (Lipinski definition) is 2. The van der Waals surface area contributed by atoms with Gasteiger partial charge < -0.3 is 15.0 Å². The second-order valence-electron chi connectivity index (χ2n) is 5.13. The fraction of sp³-hybridized carbons (Fsp3) is 0.294. The number of anilines is 1. The minimum absolute atomic E-state index is 0.103. The van der Waals surface area contributed by atoms with E-state index in [1.807, 2.05) is 24.3 Å². The topological polar surface area (TPSA) is 71.2 Å². The van der Waals surface area contributed by atoms with E-state index in [-0.39, 0.29) is 18.9 Å². The number of halogens is 1. The maximum Gasteiger partial charge on any atom is 0.340 e. The lowest BCUT2D eigenvalue weighted by Crippen LogP contribution is -2.18. The summed E-state index contributed by atoms with van der Waals surface area (Å²) in [6.07, 6.45) is 0. The van der Waals surface area contributed by atoms with Gasteiger partial charge in [0.2, 0.25) is 0 Å². The summed E-state index contributed by atoms with van der Waals surface area (Å²) in [7, 11) is 0. The summed E-state index contributed by atoms with van der Waals surface area (Å²) in [6, 6.07) is 7.53. The number of nitrogens with one attached hydrogen (secondary N) is 2. The highest BCUT2D eigenvalue weighted by atomic mass is 79.9. The number of esters is 1. The summed E-state index contributed by atoms with van der Waals surface area (Å²) in [4.78, 5) is 27.7. The van der Waals surface area contributed by atoms with E-state index >= 15 is 0 Å². The molecule has 0 spiro atoms. The highest BCUT2D eigenvalue weighted by Crippen LogP contribution is 2.21. The van der Waals surface area contributed by atoms with Gasteiger partial charge in [0, 0.05) is 21.5 Å². The molecule has 0 saturated heterocycles. The normalized spacial score (nSPS) is 10.4. The van der Waals surface area contributed by atoms with E-state index in [4.69, 9.17) is 4.74 Å². The molecule has 1 aromatic carbocycles. The van der Waals surface area contributed by atoms with Crippen molar-refractivity contribution >= 4 is 33.4 Å². The van der Waals surface area contributed by atoms with Crippen molar-refractivity contribution in [3.8, 4) is 0 Å². The first kappa shape index (κ1) is 17.3. The molecule has 122 valence electrons. The van der Waals surface area contributed by atoms with Gasteiger partial charge in [0.1, 0.15) is 0 Å². The van der Waals surface area contributed by atoms with Crippen LogP contribution in [0.1, 0.15) is 39.0 Å². The van der Waals surface area contributed by atoms with Gasteiger partial charge in [-0.3, -0.25) is 4.79 Å². The number of carbonyl (C=O) groups is 2. The van der Waals surface area contributed by atoms with E-state index in [0.717, 1.165) is 10.2 Å². The lowest BCUT2D eigenvalue weighted by atomic mass is 10.0. The highest BCUT2D eigenvalue weighted by molar-refractivity contribution is 9.10. The number of rotatable bonds is 6. The Morgan fingerprint density at radius 3 is 2.35 bits per heavy atom. The molecule has 2 rings (SSSR count). The Balaban J connectivity index is 2.18. The summed E-state index contributed by atoms with van der Waals surface area (Å²) in [6.45, 7) is 5.66. The number of aromatic amines is 1. The summed E-state index contributed by atoms with van der Waals surface area (Å²) >= 11 is 3.36. The number of aromatic nitrogens is 1. The van der Waals surface area contributed by atoms with Gasteiger partial charge >= 0.3 is 5.97 Å². The smallest absolute Gasteiger partial charge is 0.340 e. The molecule has 0 saturated carbocycles. The zero-order valence-corrected chi connectivity index (χ0v) is 14.9. The number of carbonyl (C=O) groups excluding carboxylic acids is 2. The first-order chi connectivity index (χ1) is 10.9. The average molecular weight is 379 g/mol. The van der Waals surface area contributed by atoms with Crippen molar-refractivity contribution in [3.63, 3.8) is 0 Å². The SMILES string of the molecule is CCOC(=O)c1c(C)[nH]c(C)c1C(=O)CNc1ccc(Br)cc1. The van der Waals surface area contributed by atoms with E-state index in [0.29, 0.717) is 22.5 Å². The van der Waals surface area contributed by atoms with Gasteiger partial charge in [0.05, 0.1) is 24.3 Å². The van der Waals surface area contributed by atoms with Crippen LogP contribution in [0.4, 0.5) is 5.69 Å². The maximum absolute atomic E-state index is 12.5. The van der Waals surface area contributed by atoms with Gasteiger partial charge in [0.25, 0.3) is 0 Å². The molecular weight excluding hydrogens is 360 g/mol. The maximum atomic E-state index is 12.5. The van der Waals surface area contributed by atoms with Crippen molar-refractivity contribution in [2.75, 3.05) is 18.5 Å². The zero-order chi connectivity index (χ0) is 17.0. The van der Waals surface area contributed by atoms with Crippen molar-refractivity contribution in [2.24, 2.45) is 0 Å². The summed E-state index contributed by atoms with van der Waals surface area (Å²) in [5, 5.41) is 3.07. The van der Waals surface area contributed by atoms with Crippen LogP contribution >= 0.6 is 15.9 Å². The van der Waals surface area contributed by atoms with E-state index in [2.05, 4.69) is 26.2 Å². The van der Waals surface area contributed by atoms with Crippen molar-refractivity contribution < 1.29 is 14.3 Å². The van der Waals surface area contributed by atoms with Crippen molar-refractivity contribution in [2.45, 2.75) is 20.8 Å². The molecule has 5 nitrogen and oxygen atoms in total. The fourth-order valence-corrected chi connectivity index (χ4v) is 2.69. The Bertz CT molecular complexity index is 720. The van der Waals surface area contributed by atoms with E-state index in [9.17, 15) is 9.59 Å². The molecule has 23 heavy (non-hydrogen) atoms. The molecule has 0 unspecified atom stereocenters. The van der Waals surface area contributed by atoms with E-state index in [1.54, 1.807) is 20.8 Å². The summed E-state index contributed by atoms with van der Waals surface area (Å²) < 4.78 is 6.02. The Hall–Kier alpha value is -2.08. The lowest BCUT2D eigenvalue weighted by Gasteiger charge is -2.08. The van der Waals surface area contributed by atoms with Crippen LogP contribution < -0.4 is 5.32 Å². The lowest BCUT2D eigenvalue weighted by molar-refractivity contribution is 0.0522. The van der Waals surface area contributed by atoms with Gasteiger partial charge in [-0.15, -0.1) is 0 Å². The number of ether oxygens (including phenoxy) is 1. The molecule has 0 bridgehead atoms. The molecule has 0 aliphatic carbocycles. The second kappa shape index (κ2) is 7.46. The molecular formula is C17H19BrN2O3. The largest absolute Gasteiger partial charge is 0.462 e. The number of Topliss-reactive ketones (excluding diaryl/α,β-unsaturated/α-hetero) is 1. The van der Waals surface area contributed by atoms with Crippen molar-refractivity contribution in [3.05, 3.63) is 51.3 Å². The summed E-state index contributed by atoms with van der Waals surface area (Å²) in [5.74, 6) is -0.626. The van der Waals surface area contributed by atoms with Gasteiger partial charge in [-0.2, -0.15) is 0 Å². The molecule has 1 heterocycles. The molecule has 0 atom stereocenters. The molecule has 0 aliphatic rings. The first-order valence-corrected chi connectivity index (χ1v) is 8.12. The van der Waals surface area contributed by atoms with Crippen LogP contribution in [0.5, 0.6) is 0 Å². The quantitative estimate of drug-likeness (QED) is 0.591. The molecule has 0 fully saturated rings. The third-order valence-electron chi connectivity index (χ3n) is 3.43. The van der Waals surface area contributed by atoms with Crippen LogP contribution in [-0.2, 0) is 4.74 Å². The van der Waals surface area contributed by atoms with Crippen molar-refractivity contribution in [1.82, 2.24) is 4.98 Å². The van der Waals surface area contributed by atoms with Crippen LogP contribution in [0.3, 0.4) is 0 Å². The van der Waals surface area contributed by atoms with Crippen LogP contribution in [0.25, 0.3) is 0 Å². The van der Waals surface area contributed by atoms with Gasteiger partial charge in [0.15, 0.2) is 5.78 Å². The Morgan fingerprint density at radius 2 is 1.74 bits per heavy atom. The first-order valence-electron chi connectivity index (χ1n) is 7.33. The molecule has 2 N–H and O–H groups in total. The second-order valence-corrected chi connectivity index (χ2v) is 6.04. The summed E-state index contributed by atoms with van der Waals surface area (Å²) in [5.41, 5.74) is 2.88. The Morgan fingerprint density at radius 1 is 1.13 bits per heavy atom. The number of H-pyrrole nitrogens is 1. The van der Waals surface area contributed by atoms with Gasteiger partial charge in [-0.1, -0.05) is 15.9 Å². The molecule has 1 aromatic heterocycles. The Labute approximate surface area is 143 Å². The third kappa shape index (κ3) is 4.01. The molecule has 6 heteroatoms. The zero-order valence-electron chi connectivity index (χ0n) is 13.3. The predicted molar refractivity (Wildman–Crippen MR) is 93.2 cm³/mol. The molecule has 2 aromatic rings. The minimum Gasteiger partial charge on any atom is -0.462 e. The number of benzene rings is 1. The minimum atomic E-state index is -0.471. The predicted octanol–water partition coefficient (Wildman–Crippen LogP) is 3.87. The number of aryl methyl sites for hydroxylation is 2. The number of hydrogen-bond acceptors (Lipinski definition) is 4. The van der Waals surface area contributed by atoms with Crippen LogP contribution in [0.15, 0.2) is 28.7 Å². The van der Waals surface area contributed by atoms with E-state index in [1.165, 1.54) is 0 Å². The van der Waals surface area contributed by atoms with Gasteiger partial charge in [-0.05, 0) is 45.0 Å². The monoisotopic (exact) mass is 378 g/mol. The molecule has 0 aliphatic heterocycles. The Kier molecular flexibility index (Phi) is 5.60.